The summed E-state index contributed by atoms with van der Waals surface area (Å²) in [4.78, 5) is 19.2. The number of rotatable bonds is 7. The van der Waals surface area contributed by atoms with Crippen LogP contribution in [-0.4, -0.2) is 40.6 Å². The number of nitrogens with one attached hydrogen (secondary N) is 1. The first-order valence-corrected chi connectivity index (χ1v) is 9.51. The molecule has 26 heavy (non-hydrogen) atoms. The van der Waals surface area contributed by atoms with E-state index in [9.17, 15) is 4.79 Å². The molecule has 1 N–H and O–H groups in total. The number of likely N-dealkylation sites (tertiary alicyclic amines) is 1. The standard InChI is InChI=1S/C20H28N4O2/c1-15(2)11-17-12-19(26-23-17)20(25)22-14-18(16-7-6-8-21-13-16)24-9-4-3-5-10-24/h6-8,12-13,15,18H,3-5,9-11,14H2,1-2H3,(H,22,25)/t18-/m1/s1. The SMILES string of the molecule is CC(C)Cc1cc(C(=O)NC[C@H](c2cccnc2)N2CCCCC2)on1. The van der Waals surface area contributed by atoms with E-state index in [1.54, 1.807) is 12.3 Å². The van der Waals surface area contributed by atoms with Crippen LogP contribution in [0.2, 0.25) is 0 Å². The van der Waals surface area contributed by atoms with Crippen molar-refractivity contribution in [3.05, 3.63) is 47.6 Å². The van der Waals surface area contributed by atoms with Gasteiger partial charge in [-0.3, -0.25) is 14.7 Å². The van der Waals surface area contributed by atoms with Crippen LogP contribution in [-0.2, 0) is 6.42 Å². The molecule has 1 amide bonds. The van der Waals surface area contributed by atoms with Gasteiger partial charge in [0, 0.05) is 25.0 Å². The van der Waals surface area contributed by atoms with Gasteiger partial charge < -0.3 is 9.84 Å². The number of carbonyl (C=O) groups is 1. The average Bonchev–Trinajstić information content (AvgIpc) is 3.11. The molecule has 2 aromatic heterocycles. The quantitative estimate of drug-likeness (QED) is 0.825. The molecule has 3 rings (SSSR count). The molecular weight excluding hydrogens is 328 g/mol. The van der Waals surface area contributed by atoms with Gasteiger partial charge in [0.05, 0.1) is 11.7 Å². The Labute approximate surface area is 155 Å². The maximum absolute atomic E-state index is 12.5. The van der Waals surface area contributed by atoms with Crippen molar-refractivity contribution in [1.82, 2.24) is 20.4 Å². The van der Waals surface area contributed by atoms with Crippen LogP contribution in [0.4, 0.5) is 0 Å². The molecule has 0 spiro atoms. The van der Waals surface area contributed by atoms with Crippen molar-refractivity contribution in [2.45, 2.75) is 45.6 Å². The lowest BCUT2D eigenvalue weighted by Crippen LogP contribution is -2.40. The summed E-state index contributed by atoms with van der Waals surface area (Å²) >= 11 is 0. The zero-order valence-corrected chi connectivity index (χ0v) is 15.6. The number of hydrogen-bond donors (Lipinski definition) is 1. The summed E-state index contributed by atoms with van der Waals surface area (Å²) < 4.78 is 5.22. The van der Waals surface area contributed by atoms with Crippen LogP contribution in [0.5, 0.6) is 0 Å². The number of hydrogen-bond acceptors (Lipinski definition) is 5. The topological polar surface area (TPSA) is 71.3 Å². The zero-order valence-electron chi connectivity index (χ0n) is 15.6. The van der Waals surface area contributed by atoms with Crippen LogP contribution in [0.1, 0.15) is 61.0 Å². The van der Waals surface area contributed by atoms with E-state index < -0.39 is 0 Å². The number of aromatic nitrogens is 2. The number of pyridine rings is 1. The fraction of sp³-hybridized carbons (Fsp3) is 0.550. The zero-order chi connectivity index (χ0) is 18.4. The van der Waals surface area contributed by atoms with Crippen LogP contribution in [0, 0.1) is 5.92 Å². The van der Waals surface area contributed by atoms with Crippen molar-refractivity contribution in [3.8, 4) is 0 Å². The fourth-order valence-corrected chi connectivity index (χ4v) is 3.47. The number of amides is 1. The predicted molar refractivity (Wildman–Crippen MR) is 99.8 cm³/mol. The third-order valence-corrected chi connectivity index (χ3v) is 4.76. The summed E-state index contributed by atoms with van der Waals surface area (Å²) in [7, 11) is 0. The van der Waals surface area contributed by atoms with Crippen molar-refractivity contribution in [2.24, 2.45) is 5.92 Å². The number of carbonyl (C=O) groups excluding carboxylic acids is 1. The van der Waals surface area contributed by atoms with Crippen LogP contribution < -0.4 is 5.32 Å². The lowest BCUT2D eigenvalue weighted by Gasteiger charge is -2.34. The monoisotopic (exact) mass is 356 g/mol. The normalized spacial score (nSPS) is 16.6. The van der Waals surface area contributed by atoms with Gasteiger partial charge in [-0.05, 0) is 49.9 Å². The second-order valence-corrected chi connectivity index (χ2v) is 7.39. The molecule has 3 heterocycles. The smallest absolute Gasteiger partial charge is 0.289 e. The predicted octanol–water partition coefficient (Wildman–Crippen LogP) is 3.23. The summed E-state index contributed by atoms with van der Waals surface area (Å²) in [5.41, 5.74) is 1.96. The van der Waals surface area contributed by atoms with E-state index >= 15 is 0 Å². The Hall–Kier alpha value is -2.21. The molecule has 1 fully saturated rings. The van der Waals surface area contributed by atoms with Crippen LogP contribution in [0.3, 0.4) is 0 Å². The van der Waals surface area contributed by atoms with Gasteiger partial charge >= 0.3 is 0 Å². The second kappa shape index (κ2) is 8.94. The highest BCUT2D eigenvalue weighted by molar-refractivity contribution is 5.91. The molecule has 1 aliphatic rings. The average molecular weight is 356 g/mol. The molecule has 1 atom stereocenters. The highest BCUT2D eigenvalue weighted by atomic mass is 16.5. The molecule has 0 unspecified atom stereocenters. The Bertz CT molecular complexity index is 693. The molecule has 2 aromatic rings. The van der Waals surface area contributed by atoms with Crippen molar-refractivity contribution < 1.29 is 9.32 Å². The molecule has 0 aromatic carbocycles. The number of nitrogens with zero attached hydrogens (tertiary/aromatic N) is 3. The minimum Gasteiger partial charge on any atom is -0.351 e. The van der Waals surface area contributed by atoms with Gasteiger partial charge in [0.25, 0.3) is 5.91 Å². The lowest BCUT2D eigenvalue weighted by molar-refractivity contribution is 0.0888. The molecule has 6 heteroatoms. The van der Waals surface area contributed by atoms with Crippen molar-refractivity contribution in [1.29, 1.82) is 0 Å². The molecule has 0 radical (unpaired) electrons. The molecule has 1 saturated heterocycles. The molecule has 6 nitrogen and oxygen atoms in total. The van der Waals surface area contributed by atoms with Gasteiger partial charge in [0.2, 0.25) is 5.76 Å². The minimum atomic E-state index is -0.210. The Balaban J connectivity index is 1.65. The van der Waals surface area contributed by atoms with E-state index in [1.807, 2.05) is 12.3 Å². The highest BCUT2D eigenvalue weighted by Gasteiger charge is 2.24. The van der Waals surface area contributed by atoms with Crippen molar-refractivity contribution >= 4 is 5.91 Å². The van der Waals surface area contributed by atoms with Crippen LogP contribution in [0.15, 0.2) is 35.1 Å². The van der Waals surface area contributed by atoms with E-state index in [1.165, 1.54) is 19.3 Å². The molecule has 1 aliphatic heterocycles. The molecule has 140 valence electrons. The molecule has 0 saturated carbocycles. The molecule has 0 aliphatic carbocycles. The maximum atomic E-state index is 12.5. The maximum Gasteiger partial charge on any atom is 0.289 e. The van der Waals surface area contributed by atoms with E-state index in [0.717, 1.165) is 30.8 Å². The van der Waals surface area contributed by atoms with E-state index in [4.69, 9.17) is 4.52 Å². The Morgan fingerprint density at radius 1 is 1.31 bits per heavy atom. The van der Waals surface area contributed by atoms with E-state index in [0.29, 0.717) is 12.5 Å². The van der Waals surface area contributed by atoms with Crippen LogP contribution in [0.25, 0.3) is 0 Å². The summed E-state index contributed by atoms with van der Waals surface area (Å²) in [5, 5.41) is 7.02. The Morgan fingerprint density at radius 3 is 2.81 bits per heavy atom. The summed E-state index contributed by atoms with van der Waals surface area (Å²) in [6, 6.07) is 5.90. The van der Waals surface area contributed by atoms with Gasteiger partial charge in [0.15, 0.2) is 0 Å². The van der Waals surface area contributed by atoms with E-state index in [2.05, 4.69) is 40.3 Å². The van der Waals surface area contributed by atoms with Crippen LogP contribution >= 0.6 is 0 Å². The van der Waals surface area contributed by atoms with Gasteiger partial charge in [-0.15, -0.1) is 0 Å². The van der Waals surface area contributed by atoms with E-state index in [-0.39, 0.29) is 17.7 Å². The summed E-state index contributed by atoms with van der Waals surface area (Å²) in [6.07, 6.45) is 8.15. The summed E-state index contributed by atoms with van der Waals surface area (Å²) in [5.74, 6) is 0.549. The largest absolute Gasteiger partial charge is 0.351 e. The fourth-order valence-electron chi connectivity index (χ4n) is 3.47. The van der Waals surface area contributed by atoms with Crippen molar-refractivity contribution in [2.75, 3.05) is 19.6 Å². The van der Waals surface area contributed by atoms with Gasteiger partial charge in [0.1, 0.15) is 0 Å². The third kappa shape index (κ3) is 4.91. The van der Waals surface area contributed by atoms with Crippen molar-refractivity contribution in [3.63, 3.8) is 0 Å². The lowest BCUT2D eigenvalue weighted by atomic mass is 10.0. The minimum absolute atomic E-state index is 0.131. The van der Waals surface area contributed by atoms with Gasteiger partial charge in [-0.25, -0.2) is 0 Å². The summed E-state index contributed by atoms with van der Waals surface area (Å²) in [6.45, 7) is 6.87. The molecular formula is C20H28N4O2. The van der Waals surface area contributed by atoms with Gasteiger partial charge in [-0.2, -0.15) is 0 Å². The first-order valence-electron chi connectivity index (χ1n) is 9.51. The third-order valence-electron chi connectivity index (χ3n) is 4.76. The molecule has 0 bridgehead atoms. The number of piperidine rings is 1. The highest BCUT2D eigenvalue weighted by Crippen LogP contribution is 2.23. The Kier molecular flexibility index (Phi) is 6.39. The van der Waals surface area contributed by atoms with Gasteiger partial charge in [-0.1, -0.05) is 31.5 Å². The first-order chi connectivity index (χ1) is 12.6. The first kappa shape index (κ1) is 18.6. The second-order valence-electron chi connectivity index (χ2n) is 7.39. The Morgan fingerprint density at radius 2 is 2.12 bits per heavy atom.